The summed E-state index contributed by atoms with van der Waals surface area (Å²) >= 11 is 0. The number of pyridine rings is 1. The number of rotatable bonds is 4. The molecular weight excluding hydrogens is 166 g/mol. The van der Waals surface area contributed by atoms with Crippen molar-refractivity contribution in [2.75, 3.05) is 0 Å². The second-order valence-electron chi connectivity index (χ2n) is 2.61. The van der Waals surface area contributed by atoms with E-state index in [9.17, 15) is 0 Å². The Hall–Kier alpha value is -1.44. The fourth-order valence-corrected chi connectivity index (χ4v) is 0.895. The molecule has 0 spiro atoms. The smallest absolute Gasteiger partial charge is 0.118 e. The van der Waals surface area contributed by atoms with E-state index in [-0.39, 0.29) is 6.42 Å². The lowest BCUT2D eigenvalue weighted by Crippen LogP contribution is -2.27. The summed E-state index contributed by atoms with van der Waals surface area (Å²) in [6, 6.07) is 5.59. The molecule has 1 aromatic rings. The van der Waals surface area contributed by atoms with Gasteiger partial charge in [-0.3, -0.25) is 10.3 Å². The van der Waals surface area contributed by atoms with Crippen LogP contribution in [0.3, 0.4) is 0 Å². The van der Waals surface area contributed by atoms with E-state index >= 15 is 0 Å². The number of hydrogen-bond acceptors (Lipinski definition) is 4. The van der Waals surface area contributed by atoms with Crippen LogP contribution < -0.4 is 5.32 Å². The molecule has 1 unspecified atom stereocenters. The summed E-state index contributed by atoms with van der Waals surface area (Å²) in [5.74, 6) is 0. The maximum absolute atomic E-state index is 9.16. The van der Waals surface area contributed by atoms with Crippen molar-refractivity contribution in [3.63, 3.8) is 0 Å². The molecule has 0 saturated heterocycles. The highest BCUT2D eigenvalue weighted by atomic mass is 16.3. The van der Waals surface area contributed by atoms with Crippen LogP contribution in [0.1, 0.15) is 12.0 Å². The minimum atomic E-state index is -0.752. The Balaban J connectivity index is 2.32. The van der Waals surface area contributed by atoms with Crippen molar-refractivity contribution in [1.82, 2.24) is 10.3 Å². The minimum Gasteiger partial charge on any atom is -0.378 e. The number of nitrogens with zero attached hydrogens (tertiary/aromatic N) is 2. The highest BCUT2D eigenvalue weighted by molar-refractivity contribution is 5.09. The molecule has 0 bridgehead atoms. The Kier molecular flexibility index (Phi) is 3.89. The van der Waals surface area contributed by atoms with Crippen molar-refractivity contribution < 1.29 is 5.11 Å². The topological polar surface area (TPSA) is 68.9 Å². The van der Waals surface area contributed by atoms with Gasteiger partial charge in [-0.05, 0) is 17.7 Å². The first-order valence-electron chi connectivity index (χ1n) is 4.00. The highest BCUT2D eigenvalue weighted by Crippen LogP contribution is 1.96. The second-order valence-corrected chi connectivity index (χ2v) is 2.61. The molecule has 0 aliphatic heterocycles. The van der Waals surface area contributed by atoms with E-state index < -0.39 is 6.23 Å². The molecule has 68 valence electrons. The van der Waals surface area contributed by atoms with Gasteiger partial charge in [-0.1, -0.05) is 0 Å². The molecule has 0 radical (unpaired) electrons. The summed E-state index contributed by atoms with van der Waals surface area (Å²) in [7, 11) is 0. The molecule has 1 rings (SSSR count). The molecule has 0 amide bonds. The average Bonchev–Trinajstić information content (AvgIpc) is 2.17. The first-order chi connectivity index (χ1) is 6.33. The zero-order valence-electron chi connectivity index (χ0n) is 7.14. The van der Waals surface area contributed by atoms with Crippen LogP contribution in [0.2, 0.25) is 0 Å². The predicted molar refractivity (Wildman–Crippen MR) is 47.3 cm³/mol. The van der Waals surface area contributed by atoms with Gasteiger partial charge in [0, 0.05) is 18.9 Å². The van der Waals surface area contributed by atoms with Gasteiger partial charge in [0.2, 0.25) is 0 Å². The van der Waals surface area contributed by atoms with Crippen molar-refractivity contribution in [1.29, 1.82) is 5.26 Å². The van der Waals surface area contributed by atoms with Crippen LogP contribution >= 0.6 is 0 Å². The standard InChI is InChI=1S/C9H11N3O/c10-4-1-9(13)12-7-8-2-5-11-6-3-8/h2-3,5-6,9,12-13H,1,7H2. The largest absolute Gasteiger partial charge is 0.378 e. The Morgan fingerprint density at radius 2 is 2.23 bits per heavy atom. The first kappa shape index (κ1) is 9.65. The van der Waals surface area contributed by atoms with Crippen molar-refractivity contribution in [2.45, 2.75) is 19.2 Å². The van der Waals surface area contributed by atoms with Gasteiger partial charge in [0.15, 0.2) is 0 Å². The van der Waals surface area contributed by atoms with E-state index in [4.69, 9.17) is 10.4 Å². The van der Waals surface area contributed by atoms with Gasteiger partial charge >= 0.3 is 0 Å². The third kappa shape index (κ3) is 3.65. The Bertz CT molecular complexity index is 281. The molecule has 1 atom stereocenters. The Labute approximate surface area is 76.8 Å². The maximum Gasteiger partial charge on any atom is 0.118 e. The molecule has 0 aromatic carbocycles. The monoisotopic (exact) mass is 177 g/mol. The molecule has 2 N–H and O–H groups in total. The van der Waals surface area contributed by atoms with Crippen LogP contribution in [0.25, 0.3) is 0 Å². The number of nitrogens with one attached hydrogen (secondary N) is 1. The molecule has 0 saturated carbocycles. The quantitative estimate of drug-likeness (QED) is 0.653. The van der Waals surface area contributed by atoms with Crippen molar-refractivity contribution in [3.05, 3.63) is 30.1 Å². The third-order valence-electron chi connectivity index (χ3n) is 1.58. The lowest BCUT2D eigenvalue weighted by Gasteiger charge is -2.08. The molecule has 4 nitrogen and oxygen atoms in total. The average molecular weight is 177 g/mol. The van der Waals surface area contributed by atoms with Crippen LogP contribution in [0.5, 0.6) is 0 Å². The fourth-order valence-electron chi connectivity index (χ4n) is 0.895. The normalized spacial score (nSPS) is 12.0. The molecule has 4 heteroatoms. The minimum absolute atomic E-state index is 0.102. The third-order valence-corrected chi connectivity index (χ3v) is 1.58. The summed E-state index contributed by atoms with van der Waals surface area (Å²) in [6.45, 7) is 0.547. The van der Waals surface area contributed by atoms with Gasteiger partial charge in [-0.25, -0.2) is 0 Å². The summed E-state index contributed by atoms with van der Waals surface area (Å²) in [4.78, 5) is 3.87. The van der Waals surface area contributed by atoms with Gasteiger partial charge in [-0.2, -0.15) is 5.26 Å². The van der Waals surface area contributed by atoms with Crippen LogP contribution in [0, 0.1) is 11.3 Å². The van der Waals surface area contributed by atoms with Gasteiger partial charge in [0.05, 0.1) is 12.5 Å². The van der Waals surface area contributed by atoms with E-state index in [1.807, 2.05) is 18.2 Å². The van der Waals surface area contributed by atoms with Gasteiger partial charge in [0.1, 0.15) is 6.23 Å². The molecule has 1 aromatic heterocycles. The predicted octanol–water partition coefficient (Wildman–Crippen LogP) is 0.403. The summed E-state index contributed by atoms with van der Waals surface area (Å²) < 4.78 is 0. The van der Waals surface area contributed by atoms with E-state index in [1.54, 1.807) is 12.4 Å². The first-order valence-corrected chi connectivity index (χ1v) is 4.00. The zero-order valence-corrected chi connectivity index (χ0v) is 7.14. The SMILES string of the molecule is N#CCC(O)NCc1ccncc1. The molecular formula is C9H11N3O. The summed E-state index contributed by atoms with van der Waals surface area (Å²) in [5.41, 5.74) is 1.03. The number of aliphatic hydroxyl groups excluding tert-OH is 1. The van der Waals surface area contributed by atoms with Crippen molar-refractivity contribution >= 4 is 0 Å². The van der Waals surface area contributed by atoms with E-state index in [1.165, 1.54) is 0 Å². The number of aliphatic hydroxyl groups is 1. The van der Waals surface area contributed by atoms with E-state index in [2.05, 4.69) is 10.3 Å². The van der Waals surface area contributed by atoms with Crippen molar-refractivity contribution in [2.24, 2.45) is 0 Å². The number of hydrogen-bond donors (Lipinski definition) is 2. The van der Waals surface area contributed by atoms with Crippen LogP contribution in [0.4, 0.5) is 0 Å². The highest BCUT2D eigenvalue weighted by Gasteiger charge is 2.00. The Morgan fingerprint density at radius 1 is 1.54 bits per heavy atom. The van der Waals surface area contributed by atoms with Crippen LogP contribution in [-0.4, -0.2) is 16.3 Å². The lowest BCUT2D eigenvalue weighted by molar-refractivity contribution is 0.140. The van der Waals surface area contributed by atoms with Gasteiger partial charge in [-0.15, -0.1) is 0 Å². The van der Waals surface area contributed by atoms with Crippen LogP contribution in [0.15, 0.2) is 24.5 Å². The maximum atomic E-state index is 9.16. The fraction of sp³-hybridized carbons (Fsp3) is 0.333. The molecule has 0 aliphatic rings. The second kappa shape index (κ2) is 5.25. The van der Waals surface area contributed by atoms with E-state index in [0.717, 1.165) is 5.56 Å². The molecule has 0 fully saturated rings. The molecule has 1 heterocycles. The van der Waals surface area contributed by atoms with Gasteiger partial charge in [0.25, 0.3) is 0 Å². The lowest BCUT2D eigenvalue weighted by atomic mass is 10.2. The molecule has 0 aliphatic carbocycles. The molecule has 13 heavy (non-hydrogen) atoms. The summed E-state index contributed by atoms with van der Waals surface area (Å²) in [6.07, 6.45) is 2.73. The van der Waals surface area contributed by atoms with Gasteiger partial charge < -0.3 is 5.11 Å². The summed E-state index contributed by atoms with van der Waals surface area (Å²) in [5, 5.41) is 20.2. The number of aromatic nitrogens is 1. The Morgan fingerprint density at radius 3 is 2.85 bits per heavy atom. The van der Waals surface area contributed by atoms with Crippen LogP contribution in [-0.2, 0) is 6.54 Å². The van der Waals surface area contributed by atoms with Crippen molar-refractivity contribution in [3.8, 4) is 6.07 Å². The van der Waals surface area contributed by atoms with E-state index in [0.29, 0.717) is 6.54 Å². The number of nitriles is 1. The zero-order chi connectivity index (χ0) is 9.52.